The third-order valence-corrected chi connectivity index (χ3v) is 12.0. The predicted octanol–water partition coefficient (Wildman–Crippen LogP) is 8.59. The number of ether oxygens (including phenoxy) is 1. The number of nitrogens with zero attached hydrogens (tertiary/aromatic N) is 2. The summed E-state index contributed by atoms with van der Waals surface area (Å²) in [5.74, 6) is 2.10. The maximum atomic E-state index is 6.77. The van der Waals surface area contributed by atoms with Crippen LogP contribution in [0.25, 0.3) is 21.5 Å². The molecular weight excluding hydrogens is 550 g/mol. The highest BCUT2D eigenvalue weighted by molar-refractivity contribution is 6.16. The van der Waals surface area contributed by atoms with E-state index in [1.165, 1.54) is 66.5 Å². The minimum Gasteiger partial charge on any atom is -0.358 e. The van der Waals surface area contributed by atoms with Crippen molar-refractivity contribution in [3.05, 3.63) is 94.0 Å². The minimum atomic E-state index is -0.582. The number of hydrogen-bond donors (Lipinski definition) is 1. The predicted molar refractivity (Wildman–Crippen MR) is 187 cm³/mol. The van der Waals surface area contributed by atoms with E-state index in [0.717, 1.165) is 6.42 Å². The minimum absolute atomic E-state index is 0.104. The Hall–Kier alpha value is -3.34. The largest absolute Gasteiger partial charge is 0.358 e. The van der Waals surface area contributed by atoms with Crippen molar-refractivity contribution in [2.45, 2.75) is 103 Å². The van der Waals surface area contributed by atoms with E-state index in [0.29, 0.717) is 5.92 Å². The molecule has 0 bridgehead atoms. The molecule has 0 amide bonds. The summed E-state index contributed by atoms with van der Waals surface area (Å²) in [5, 5.41) is 9.38. The molecule has 8 rings (SSSR count). The fraction of sp³-hybridized carbons (Fsp3) is 0.463. The Balaban J connectivity index is 1.49. The summed E-state index contributed by atoms with van der Waals surface area (Å²) in [6.45, 7) is 20.9. The topological polar surface area (TPSA) is 36.6 Å². The van der Waals surface area contributed by atoms with E-state index < -0.39 is 5.72 Å². The van der Waals surface area contributed by atoms with Crippen molar-refractivity contribution in [3.8, 4) is 0 Å². The molecule has 4 aliphatic rings. The summed E-state index contributed by atoms with van der Waals surface area (Å²) >= 11 is 0. The summed E-state index contributed by atoms with van der Waals surface area (Å²) in [6.07, 6.45) is 0.995. The number of fused-ring (bicyclic) bond motifs is 12. The molecule has 4 aromatic carbocycles. The Labute approximate surface area is 268 Å². The van der Waals surface area contributed by atoms with Gasteiger partial charge >= 0.3 is 0 Å². The van der Waals surface area contributed by atoms with Crippen LogP contribution in [0.15, 0.2) is 65.7 Å². The van der Waals surface area contributed by atoms with Gasteiger partial charge in [0.05, 0.1) is 17.3 Å². The van der Waals surface area contributed by atoms with E-state index in [2.05, 4.69) is 133 Å². The molecule has 0 radical (unpaired) electrons. The number of hydrogen-bond acceptors (Lipinski definition) is 3. The van der Waals surface area contributed by atoms with Crippen molar-refractivity contribution < 1.29 is 9.31 Å². The van der Waals surface area contributed by atoms with Crippen LogP contribution in [0.2, 0.25) is 0 Å². The number of aryl methyl sites for hydroxylation is 1. The average molecular weight is 599 g/mol. The van der Waals surface area contributed by atoms with E-state index in [1.54, 1.807) is 0 Å². The molecule has 2 aliphatic carbocycles. The van der Waals surface area contributed by atoms with Crippen LogP contribution in [0.1, 0.15) is 101 Å². The Morgan fingerprint density at radius 2 is 1.62 bits per heavy atom. The van der Waals surface area contributed by atoms with Crippen LogP contribution in [0, 0.1) is 18.8 Å². The number of methoxy groups -OCH3 is 1. The van der Waals surface area contributed by atoms with Crippen molar-refractivity contribution in [1.82, 2.24) is 5.32 Å². The second-order valence-electron chi connectivity index (χ2n) is 15.5. The Kier molecular flexibility index (Phi) is 6.05. The quantitative estimate of drug-likeness (QED) is 0.185. The lowest BCUT2D eigenvalue weighted by Gasteiger charge is -2.36. The summed E-state index contributed by atoms with van der Waals surface area (Å²) in [4.78, 5) is 5.76. The van der Waals surface area contributed by atoms with Crippen molar-refractivity contribution in [2.24, 2.45) is 16.8 Å². The second kappa shape index (κ2) is 9.36. The first-order valence-electron chi connectivity index (χ1n) is 17.1. The highest BCUT2D eigenvalue weighted by Crippen LogP contribution is 2.72. The lowest BCUT2D eigenvalue weighted by molar-refractivity contribution is -0.495. The number of amidine groups is 1. The number of benzene rings is 4. The number of rotatable bonds is 5. The molecule has 1 fully saturated rings. The standard InChI is InChI=1S/C41H48N3O/c1-22(2)31-21-34-35(30-14-12-11-13-29(30)31)37-33-20-28-18-27-17-25(7)15-16-26(27)19-32(28)36(33)42-38(23(3)4)44(37)40(9)39(34,8)41(40,45-10)43-24(5)6/h11-19,21-24,33,36,43H,20H2,1-10H3/q+1. The van der Waals surface area contributed by atoms with Crippen LogP contribution >= 0.6 is 0 Å². The fourth-order valence-corrected chi connectivity index (χ4v) is 9.95. The van der Waals surface area contributed by atoms with Gasteiger partial charge in [0.2, 0.25) is 0 Å². The Morgan fingerprint density at radius 3 is 2.29 bits per heavy atom. The monoisotopic (exact) mass is 598 g/mol. The summed E-state index contributed by atoms with van der Waals surface area (Å²) in [7, 11) is 1.91. The summed E-state index contributed by atoms with van der Waals surface area (Å²) < 4.78 is 9.47. The van der Waals surface area contributed by atoms with Crippen LogP contribution in [0.3, 0.4) is 0 Å². The molecule has 45 heavy (non-hydrogen) atoms. The van der Waals surface area contributed by atoms with Crippen molar-refractivity contribution >= 4 is 33.1 Å². The van der Waals surface area contributed by atoms with Gasteiger partial charge in [-0.15, -0.1) is 0 Å². The van der Waals surface area contributed by atoms with Gasteiger partial charge in [0.15, 0.2) is 17.3 Å². The molecule has 4 aromatic rings. The molecule has 5 atom stereocenters. The second-order valence-corrected chi connectivity index (χ2v) is 15.5. The van der Waals surface area contributed by atoms with Crippen LogP contribution in [0.5, 0.6) is 0 Å². The van der Waals surface area contributed by atoms with E-state index in [4.69, 9.17) is 9.73 Å². The SMILES string of the molecule is COC1(NC(C)C)C2(C)c3cc(C(C)C)c4ccccc4c3C3=[N+](C(C(C)C)=NC4c5cc6ccc(C)cc6cc5CC34)C12C. The molecule has 2 aliphatic heterocycles. The molecular formula is C41H48N3O+. The maximum absolute atomic E-state index is 6.77. The molecule has 5 unspecified atom stereocenters. The lowest BCUT2D eigenvalue weighted by Crippen LogP contribution is -2.55. The summed E-state index contributed by atoms with van der Waals surface area (Å²) in [5.41, 5.74) is 8.62. The molecule has 4 heteroatoms. The molecule has 0 saturated heterocycles. The van der Waals surface area contributed by atoms with Gasteiger partial charge in [-0.3, -0.25) is 5.32 Å². The Morgan fingerprint density at radius 1 is 0.889 bits per heavy atom. The highest BCUT2D eigenvalue weighted by atomic mass is 16.5. The number of nitrogens with one attached hydrogen (secondary N) is 1. The smallest absolute Gasteiger partial charge is 0.296 e. The molecule has 0 spiro atoms. The Bertz CT molecular complexity index is 2000. The first kappa shape index (κ1) is 29.1. The summed E-state index contributed by atoms with van der Waals surface area (Å²) in [6, 6.07) is 23.8. The van der Waals surface area contributed by atoms with E-state index >= 15 is 0 Å². The molecule has 0 aromatic heterocycles. The van der Waals surface area contributed by atoms with E-state index in [9.17, 15) is 0 Å². The van der Waals surface area contributed by atoms with E-state index in [1.807, 2.05) is 7.11 Å². The van der Waals surface area contributed by atoms with Crippen molar-refractivity contribution in [2.75, 3.05) is 7.11 Å². The molecule has 2 heterocycles. The first-order valence-corrected chi connectivity index (χ1v) is 17.1. The van der Waals surface area contributed by atoms with Gasteiger partial charge < -0.3 is 4.74 Å². The van der Waals surface area contributed by atoms with Crippen molar-refractivity contribution in [3.63, 3.8) is 0 Å². The van der Waals surface area contributed by atoms with Gasteiger partial charge in [-0.2, -0.15) is 0 Å². The lowest BCUT2D eigenvalue weighted by atomic mass is 9.74. The van der Waals surface area contributed by atoms with Gasteiger partial charge in [-0.25, -0.2) is 4.58 Å². The molecule has 4 nitrogen and oxygen atoms in total. The molecule has 1 N–H and O–H groups in total. The van der Waals surface area contributed by atoms with Gasteiger partial charge in [-0.1, -0.05) is 92.8 Å². The van der Waals surface area contributed by atoms with Gasteiger partial charge in [0, 0.05) is 24.3 Å². The third-order valence-electron chi connectivity index (χ3n) is 12.0. The maximum Gasteiger partial charge on any atom is 0.296 e. The average Bonchev–Trinajstić information content (AvgIpc) is 3.23. The number of aliphatic imine (C=N–C) groups is 1. The van der Waals surface area contributed by atoms with Crippen LogP contribution < -0.4 is 5.32 Å². The van der Waals surface area contributed by atoms with Crippen molar-refractivity contribution in [1.29, 1.82) is 0 Å². The van der Waals surface area contributed by atoms with Gasteiger partial charge in [-0.05, 0) is 91.3 Å². The normalized spacial score (nSPS) is 29.7. The zero-order valence-electron chi connectivity index (χ0n) is 28.7. The van der Waals surface area contributed by atoms with Crippen LogP contribution in [0.4, 0.5) is 0 Å². The molecule has 232 valence electrons. The highest BCUT2D eigenvalue weighted by Gasteiger charge is 2.92. The van der Waals surface area contributed by atoms with Gasteiger partial charge in [0.25, 0.3) is 5.84 Å². The zero-order valence-corrected chi connectivity index (χ0v) is 28.7. The molecule has 1 saturated carbocycles. The first-order chi connectivity index (χ1) is 21.4. The van der Waals surface area contributed by atoms with Gasteiger partial charge in [0.1, 0.15) is 5.71 Å². The van der Waals surface area contributed by atoms with Crippen LogP contribution in [-0.4, -0.2) is 40.5 Å². The van der Waals surface area contributed by atoms with E-state index in [-0.39, 0.29) is 34.9 Å². The fourth-order valence-electron chi connectivity index (χ4n) is 9.95. The third kappa shape index (κ3) is 3.40. The zero-order chi connectivity index (χ0) is 31.8. The van der Waals surface area contributed by atoms with Crippen LogP contribution in [-0.2, 0) is 16.6 Å².